The summed E-state index contributed by atoms with van der Waals surface area (Å²) in [6.45, 7) is 1.02. The van der Waals surface area contributed by atoms with E-state index in [9.17, 15) is 4.79 Å². The lowest BCUT2D eigenvalue weighted by atomic mass is 9.85. The molecule has 12 heavy (non-hydrogen) atoms. The van der Waals surface area contributed by atoms with Gasteiger partial charge in [0.05, 0.1) is 6.61 Å². The van der Waals surface area contributed by atoms with Crippen LogP contribution in [-0.4, -0.2) is 25.2 Å². The highest BCUT2D eigenvalue weighted by Gasteiger charge is 2.28. The summed E-state index contributed by atoms with van der Waals surface area (Å²) in [4.78, 5) is 11.1. The molecule has 1 saturated heterocycles. The molecule has 68 valence electrons. The first-order valence-electron chi connectivity index (χ1n) is 4.73. The van der Waals surface area contributed by atoms with E-state index in [0.29, 0.717) is 12.0 Å². The van der Waals surface area contributed by atoms with Gasteiger partial charge in [0.2, 0.25) is 5.91 Å². The Morgan fingerprint density at radius 2 is 2.17 bits per heavy atom. The summed E-state index contributed by atoms with van der Waals surface area (Å²) in [6.07, 6.45) is 4.90. The fourth-order valence-electron chi connectivity index (χ4n) is 2.15. The van der Waals surface area contributed by atoms with Crippen molar-refractivity contribution < 1.29 is 9.53 Å². The molecule has 0 spiro atoms. The third-order valence-corrected chi connectivity index (χ3v) is 2.82. The second-order valence-electron chi connectivity index (χ2n) is 3.73. The van der Waals surface area contributed by atoms with Crippen LogP contribution in [-0.2, 0) is 9.53 Å². The van der Waals surface area contributed by atoms with E-state index < -0.39 is 0 Å². The van der Waals surface area contributed by atoms with Gasteiger partial charge in [0.25, 0.3) is 0 Å². The van der Waals surface area contributed by atoms with Gasteiger partial charge in [0.1, 0.15) is 6.61 Å². The van der Waals surface area contributed by atoms with Crippen LogP contribution in [0.25, 0.3) is 0 Å². The maximum absolute atomic E-state index is 11.1. The van der Waals surface area contributed by atoms with Crippen molar-refractivity contribution in [2.24, 2.45) is 5.92 Å². The fourth-order valence-corrected chi connectivity index (χ4v) is 2.15. The Kier molecular flexibility index (Phi) is 2.30. The lowest BCUT2D eigenvalue weighted by Crippen LogP contribution is -2.41. The monoisotopic (exact) mass is 169 g/mol. The molecule has 0 bridgehead atoms. The molecule has 0 aromatic heterocycles. The van der Waals surface area contributed by atoms with Crippen LogP contribution in [0.3, 0.4) is 0 Å². The minimum Gasteiger partial charge on any atom is -0.371 e. The van der Waals surface area contributed by atoms with Crippen LogP contribution in [0.2, 0.25) is 0 Å². The van der Waals surface area contributed by atoms with Crippen LogP contribution < -0.4 is 5.32 Å². The first kappa shape index (κ1) is 8.05. The zero-order chi connectivity index (χ0) is 8.39. The van der Waals surface area contributed by atoms with Crippen LogP contribution in [0.15, 0.2) is 0 Å². The van der Waals surface area contributed by atoms with E-state index in [2.05, 4.69) is 5.32 Å². The Bertz CT molecular complexity index is 181. The quantitative estimate of drug-likeness (QED) is 0.579. The highest BCUT2D eigenvalue weighted by molar-refractivity contribution is 5.77. The zero-order valence-corrected chi connectivity index (χ0v) is 7.21. The van der Waals surface area contributed by atoms with Crippen molar-refractivity contribution in [1.29, 1.82) is 0 Å². The Balaban J connectivity index is 2.01. The smallest absolute Gasteiger partial charge is 0.246 e. The number of carbonyl (C=O) groups is 1. The second-order valence-corrected chi connectivity index (χ2v) is 3.73. The molecule has 2 rings (SSSR count). The molecule has 1 amide bonds. The number of hydrogen-bond acceptors (Lipinski definition) is 2. The lowest BCUT2D eigenvalue weighted by Gasteiger charge is -2.29. The molecule has 1 aliphatic heterocycles. The molecule has 2 atom stereocenters. The zero-order valence-electron chi connectivity index (χ0n) is 7.21. The number of carbonyl (C=O) groups excluding carboxylic acids is 1. The Morgan fingerprint density at radius 1 is 1.33 bits per heavy atom. The van der Waals surface area contributed by atoms with Crippen molar-refractivity contribution in [2.75, 3.05) is 13.2 Å². The van der Waals surface area contributed by atoms with Crippen LogP contribution in [0, 0.1) is 5.92 Å². The van der Waals surface area contributed by atoms with Crippen molar-refractivity contribution >= 4 is 5.91 Å². The van der Waals surface area contributed by atoms with Gasteiger partial charge < -0.3 is 10.1 Å². The van der Waals surface area contributed by atoms with Crippen molar-refractivity contribution in [3.63, 3.8) is 0 Å². The molecule has 1 aliphatic carbocycles. The SMILES string of the molecule is O=C1COC[C@H]2CCCC[C@H]2N1. The molecule has 1 N–H and O–H groups in total. The highest BCUT2D eigenvalue weighted by Crippen LogP contribution is 2.25. The number of hydrogen-bond donors (Lipinski definition) is 1. The number of ether oxygens (including phenoxy) is 1. The summed E-state index contributed by atoms with van der Waals surface area (Å²) in [5.74, 6) is 0.634. The summed E-state index contributed by atoms with van der Waals surface area (Å²) >= 11 is 0. The molecular weight excluding hydrogens is 154 g/mol. The lowest BCUT2D eigenvalue weighted by molar-refractivity contribution is -0.124. The Hall–Kier alpha value is -0.570. The van der Waals surface area contributed by atoms with Crippen LogP contribution in [0.5, 0.6) is 0 Å². The predicted octanol–water partition coefficient (Wildman–Crippen LogP) is 0.692. The van der Waals surface area contributed by atoms with Crippen LogP contribution >= 0.6 is 0 Å². The number of rotatable bonds is 0. The van der Waals surface area contributed by atoms with Gasteiger partial charge in [-0.2, -0.15) is 0 Å². The van der Waals surface area contributed by atoms with Crippen LogP contribution in [0.1, 0.15) is 25.7 Å². The molecule has 2 aliphatic rings. The Labute approximate surface area is 72.5 Å². The molecule has 2 fully saturated rings. The molecule has 3 nitrogen and oxygen atoms in total. The third kappa shape index (κ3) is 1.61. The van der Waals surface area contributed by atoms with Crippen molar-refractivity contribution in [1.82, 2.24) is 5.32 Å². The van der Waals surface area contributed by atoms with E-state index in [1.807, 2.05) is 0 Å². The minimum absolute atomic E-state index is 0.0596. The van der Waals surface area contributed by atoms with E-state index >= 15 is 0 Å². The van der Waals surface area contributed by atoms with Crippen LogP contribution in [0.4, 0.5) is 0 Å². The van der Waals surface area contributed by atoms with Gasteiger partial charge in [0, 0.05) is 12.0 Å². The van der Waals surface area contributed by atoms with Gasteiger partial charge in [-0.05, 0) is 12.8 Å². The topological polar surface area (TPSA) is 38.3 Å². The summed E-state index contributed by atoms with van der Waals surface area (Å²) in [5.41, 5.74) is 0. The van der Waals surface area contributed by atoms with E-state index in [0.717, 1.165) is 13.0 Å². The highest BCUT2D eigenvalue weighted by atomic mass is 16.5. The van der Waals surface area contributed by atoms with Crippen molar-refractivity contribution in [3.05, 3.63) is 0 Å². The first-order chi connectivity index (χ1) is 5.86. The largest absolute Gasteiger partial charge is 0.371 e. The van der Waals surface area contributed by atoms with Gasteiger partial charge in [-0.3, -0.25) is 4.79 Å². The normalized spacial score (nSPS) is 36.5. The van der Waals surface area contributed by atoms with Crippen molar-refractivity contribution in [2.45, 2.75) is 31.7 Å². The molecule has 0 radical (unpaired) electrons. The number of fused-ring (bicyclic) bond motifs is 1. The van der Waals surface area contributed by atoms with Crippen molar-refractivity contribution in [3.8, 4) is 0 Å². The molecule has 0 unspecified atom stereocenters. The summed E-state index contributed by atoms with van der Waals surface area (Å²) in [6, 6.07) is 0.397. The van der Waals surface area contributed by atoms with Gasteiger partial charge in [-0.25, -0.2) is 0 Å². The van der Waals surface area contributed by atoms with Gasteiger partial charge >= 0.3 is 0 Å². The number of amides is 1. The van der Waals surface area contributed by atoms with Gasteiger partial charge in [0.15, 0.2) is 0 Å². The van der Waals surface area contributed by atoms with E-state index in [1.165, 1.54) is 19.3 Å². The standard InChI is InChI=1S/C9H15NO2/c11-9-6-12-5-7-3-1-2-4-8(7)10-9/h7-8H,1-6H2,(H,10,11)/t7-,8-/m1/s1. The maximum atomic E-state index is 11.1. The second kappa shape index (κ2) is 3.44. The molecule has 0 aromatic rings. The first-order valence-corrected chi connectivity index (χ1v) is 4.73. The summed E-state index contributed by atoms with van der Waals surface area (Å²) in [5, 5.41) is 3.02. The minimum atomic E-state index is 0.0596. The van der Waals surface area contributed by atoms with Gasteiger partial charge in [-0.15, -0.1) is 0 Å². The molecular formula is C9H15NO2. The Morgan fingerprint density at radius 3 is 3.08 bits per heavy atom. The molecule has 1 heterocycles. The summed E-state index contributed by atoms with van der Waals surface area (Å²) in [7, 11) is 0. The maximum Gasteiger partial charge on any atom is 0.246 e. The van der Waals surface area contributed by atoms with E-state index in [4.69, 9.17) is 4.74 Å². The fraction of sp³-hybridized carbons (Fsp3) is 0.889. The van der Waals surface area contributed by atoms with E-state index in [-0.39, 0.29) is 12.5 Å². The molecule has 0 aromatic carbocycles. The average molecular weight is 169 g/mol. The summed E-state index contributed by atoms with van der Waals surface area (Å²) < 4.78 is 5.26. The predicted molar refractivity (Wildman–Crippen MR) is 44.7 cm³/mol. The van der Waals surface area contributed by atoms with Gasteiger partial charge in [-0.1, -0.05) is 12.8 Å². The number of nitrogens with one attached hydrogen (secondary N) is 1. The molecule has 3 heteroatoms. The third-order valence-electron chi connectivity index (χ3n) is 2.82. The average Bonchev–Trinajstić information content (AvgIpc) is 2.25. The molecule has 1 saturated carbocycles. The van der Waals surface area contributed by atoms with E-state index in [1.54, 1.807) is 0 Å².